The molecule has 1 amide bonds. The van der Waals surface area contributed by atoms with E-state index in [-0.39, 0.29) is 36.4 Å². The number of amides is 1. The van der Waals surface area contributed by atoms with Gasteiger partial charge in [0.25, 0.3) is 5.91 Å². The first-order valence-electron chi connectivity index (χ1n) is 6.30. The number of rotatable bonds is 5. The van der Waals surface area contributed by atoms with Crippen LogP contribution in [0.1, 0.15) is 25.0 Å². The normalized spacial score (nSPS) is 14.6. The number of hydrogen-bond acceptors (Lipinski definition) is 5. The van der Waals surface area contributed by atoms with Gasteiger partial charge in [0.2, 0.25) is 0 Å². The Hall–Kier alpha value is -1.50. The van der Waals surface area contributed by atoms with Gasteiger partial charge in [-0.05, 0) is 25.1 Å². The van der Waals surface area contributed by atoms with Crippen molar-refractivity contribution < 1.29 is 19.7 Å². The number of aromatic hydroxyl groups is 1. The number of hydrogen-bond donors (Lipinski definition) is 4. The van der Waals surface area contributed by atoms with E-state index in [1.807, 2.05) is 6.92 Å². The number of nitrogens with one attached hydrogen (secondary N) is 2. The zero-order chi connectivity index (χ0) is 13.8. The molecule has 2 rings (SSSR count). The van der Waals surface area contributed by atoms with Gasteiger partial charge in [-0.15, -0.1) is 12.4 Å². The van der Waals surface area contributed by atoms with Crippen LogP contribution in [-0.4, -0.2) is 35.8 Å². The van der Waals surface area contributed by atoms with Crippen molar-refractivity contribution in [2.45, 2.75) is 19.4 Å². The van der Waals surface area contributed by atoms with Gasteiger partial charge in [0.15, 0.2) is 12.4 Å². The Morgan fingerprint density at radius 1 is 1.50 bits per heavy atom. The van der Waals surface area contributed by atoms with E-state index in [4.69, 9.17) is 4.74 Å². The first-order chi connectivity index (χ1) is 9.13. The molecule has 1 aliphatic rings. The predicted octanol–water partition coefficient (Wildman–Crippen LogP) is 1.18. The van der Waals surface area contributed by atoms with E-state index in [9.17, 15) is 15.0 Å². The molecule has 1 aliphatic heterocycles. The van der Waals surface area contributed by atoms with Gasteiger partial charge in [-0.25, -0.2) is 0 Å². The van der Waals surface area contributed by atoms with Crippen molar-refractivity contribution in [3.8, 4) is 11.5 Å². The van der Waals surface area contributed by atoms with Crippen LogP contribution in [0.3, 0.4) is 0 Å². The van der Waals surface area contributed by atoms with E-state index in [1.54, 1.807) is 6.07 Å². The second kappa shape index (κ2) is 7.33. The Bertz CT molecular complexity index is 482. The maximum absolute atomic E-state index is 11.2. The number of aliphatic hydroxyl groups excluding tert-OH is 1. The van der Waals surface area contributed by atoms with Crippen molar-refractivity contribution in [3.63, 3.8) is 0 Å². The Labute approximate surface area is 123 Å². The van der Waals surface area contributed by atoms with Crippen LogP contribution in [0.4, 0.5) is 5.69 Å². The van der Waals surface area contributed by atoms with E-state index >= 15 is 0 Å². The third kappa shape index (κ3) is 3.53. The first-order valence-corrected chi connectivity index (χ1v) is 6.30. The third-order valence-electron chi connectivity index (χ3n) is 2.90. The molecule has 0 aliphatic carbocycles. The van der Waals surface area contributed by atoms with Crippen LogP contribution in [0, 0.1) is 0 Å². The highest BCUT2D eigenvalue weighted by atomic mass is 35.5. The van der Waals surface area contributed by atoms with Gasteiger partial charge in [-0.3, -0.25) is 4.79 Å². The smallest absolute Gasteiger partial charge is 0.262 e. The van der Waals surface area contributed by atoms with Crippen LogP contribution in [0.25, 0.3) is 0 Å². The fourth-order valence-electron chi connectivity index (χ4n) is 1.97. The molecule has 1 aromatic rings. The van der Waals surface area contributed by atoms with Crippen LogP contribution in [0.15, 0.2) is 12.1 Å². The summed E-state index contributed by atoms with van der Waals surface area (Å²) < 4.78 is 5.32. The quantitative estimate of drug-likeness (QED) is 0.484. The number of phenols is 1. The van der Waals surface area contributed by atoms with Gasteiger partial charge >= 0.3 is 0 Å². The molecule has 1 aromatic carbocycles. The minimum Gasteiger partial charge on any atom is -0.506 e. The van der Waals surface area contributed by atoms with Crippen molar-refractivity contribution >= 4 is 24.0 Å². The monoisotopic (exact) mass is 302 g/mol. The van der Waals surface area contributed by atoms with Gasteiger partial charge in [-0.2, -0.15) is 0 Å². The number of benzene rings is 1. The van der Waals surface area contributed by atoms with E-state index < -0.39 is 6.10 Å². The van der Waals surface area contributed by atoms with Crippen LogP contribution >= 0.6 is 12.4 Å². The second-order valence-electron chi connectivity index (χ2n) is 4.43. The van der Waals surface area contributed by atoms with Crippen molar-refractivity contribution in [1.29, 1.82) is 0 Å². The molecule has 6 nitrogen and oxygen atoms in total. The molecular weight excluding hydrogens is 284 g/mol. The van der Waals surface area contributed by atoms with Gasteiger partial charge in [-0.1, -0.05) is 6.92 Å². The van der Waals surface area contributed by atoms with Crippen LogP contribution in [0.2, 0.25) is 0 Å². The van der Waals surface area contributed by atoms with Gasteiger partial charge in [0, 0.05) is 12.1 Å². The third-order valence-corrected chi connectivity index (χ3v) is 2.90. The molecule has 0 saturated carbocycles. The van der Waals surface area contributed by atoms with Crippen LogP contribution in [-0.2, 0) is 4.79 Å². The molecule has 1 heterocycles. The molecule has 0 aromatic heterocycles. The lowest BCUT2D eigenvalue weighted by Crippen LogP contribution is -2.28. The number of anilines is 1. The molecule has 20 heavy (non-hydrogen) atoms. The average Bonchev–Trinajstić information content (AvgIpc) is 2.40. The molecule has 0 fully saturated rings. The van der Waals surface area contributed by atoms with E-state index in [2.05, 4.69) is 10.6 Å². The Kier molecular flexibility index (Phi) is 6.06. The first kappa shape index (κ1) is 16.6. The summed E-state index contributed by atoms with van der Waals surface area (Å²) in [6, 6.07) is 3.04. The molecule has 0 spiro atoms. The SMILES string of the molecule is CCCNCC(O)c1ccc(O)c2c1OCC(=O)N2.Cl. The summed E-state index contributed by atoms with van der Waals surface area (Å²) in [5.41, 5.74) is 0.777. The summed E-state index contributed by atoms with van der Waals surface area (Å²) in [5, 5.41) is 25.5. The molecule has 4 N–H and O–H groups in total. The summed E-state index contributed by atoms with van der Waals surface area (Å²) in [6.45, 7) is 3.14. The molecular formula is C13H19ClN2O4. The summed E-state index contributed by atoms with van der Waals surface area (Å²) in [4.78, 5) is 11.2. The highest BCUT2D eigenvalue weighted by Gasteiger charge is 2.25. The Balaban J connectivity index is 0.00000200. The lowest BCUT2D eigenvalue weighted by Gasteiger charge is -2.23. The molecule has 112 valence electrons. The fraction of sp³-hybridized carbons (Fsp3) is 0.462. The zero-order valence-electron chi connectivity index (χ0n) is 11.2. The average molecular weight is 303 g/mol. The molecule has 1 unspecified atom stereocenters. The number of fused-ring (bicyclic) bond motifs is 1. The molecule has 7 heteroatoms. The largest absolute Gasteiger partial charge is 0.506 e. The number of halogens is 1. The number of carbonyl (C=O) groups excluding carboxylic acids is 1. The van der Waals surface area contributed by atoms with Crippen LogP contribution in [0.5, 0.6) is 11.5 Å². The summed E-state index contributed by atoms with van der Waals surface area (Å²) in [7, 11) is 0. The highest BCUT2D eigenvalue weighted by molar-refractivity contribution is 5.97. The van der Waals surface area contributed by atoms with Crippen molar-refractivity contribution in [2.75, 3.05) is 25.0 Å². The number of aliphatic hydroxyl groups is 1. The summed E-state index contributed by atoms with van der Waals surface area (Å²) >= 11 is 0. The second-order valence-corrected chi connectivity index (χ2v) is 4.43. The van der Waals surface area contributed by atoms with Crippen LogP contribution < -0.4 is 15.4 Å². The van der Waals surface area contributed by atoms with Gasteiger partial charge in [0.1, 0.15) is 11.4 Å². The number of ether oxygens (including phenoxy) is 1. The van der Waals surface area contributed by atoms with Crippen molar-refractivity contribution in [3.05, 3.63) is 17.7 Å². The topological polar surface area (TPSA) is 90.8 Å². The molecule has 1 atom stereocenters. The van der Waals surface area contributed by atoms with Gasteiger partial charge < -0.3 is 25.6 Å². The molecule has 0 bridgehead atoms. The van der Waals surface area contributed by atoms with Gasteiger partial charge in [0.05, 0.1) is 6.10 Å². The Morgan fingerprint density at radius 2 is 2.25 bits per heavy atom. The predicted molar refractivity (Wildman–Crippen MR) is 77.6 cm³/mol. The number of phenolic OH excluding ortho intramolecular Hbond substituents is 1. The maximum atomic E-state index is 11.2. The zero-order valence-corrected chi connectivity index (χ0v) is 12.0. The van der Waals surface area contributed by atoms with Crippen molar-refractivity contribution in [2.24, 2.45) is 0 Å². The van der Waals surface area contributed by atoms with Crippen molar-refractivity contribution in [1.82, 2.24) is 5.32 Å². The molecule has 0 radical (unpaired) electrons. The lowest BCUT2D eigenvalue weighted by molar-refractivity contribution is -0.118. The fourth-order valence-corrected chi connectivity index (χ4v) is 1.97. The number of carbonyl (C=O) groups is 1. The van der Waals surface area contributed by atoms with E-state index in [0.717, 1.165) is 13.0 Å². The van der Waals surface area contributed by atoms with E-state index in [1.165, 1.54) is 6.07 Å². The minimum absolute atomic E-state index is 0. The van der Waals surface area contributed by atoms with E-state index in [0.29, 0.717) is 17.9 Å². The minimum atomic E-state index is -0.754. The standard InChI is InChI=1S/C13H18N2O4.ClH/c1-2-5-14-6-10(17)8-3-4-9(16)12-13(8)19-7-11(18)15-12;/h3-4,10,14,16-17H,2,5-7H2,1H3,(H,15,18);1H. The summed E-state index contributed by atoms with van der Waals surface area (Å²) in [6.07, 6.45) is 0.225. The highest BCUT2D eigenvalue weighted by Crippen LogP contribution is 2.41. The Morgan fingerprint density at radius 3 is 2.95 bits per heavy atom. The maximum Gasteiger partial charge on any atom is 0.262 e. The summed E-state index contributed by atoms with van der Waals surface area (Å²) in [5.74, 6) is -0.0514. The lowest BCUT2D eigenvalue weighted by atomic mass is 10.1. The molecule has 0 saturated heterocycles.